The molecule has 0 saturated carbocycles. The minimum Gasteiger partial charge on any atom is -0.378 e. The van der Waals surface area contributed by atoms with Gasteiger partial charge in [-0.05, 0) is 40.7 Å². The van der Waals surface area contributed by atoms with Gasteiger partial charge in [-0.15, -0.1) is 0 Å². The monoisotopic (exact) mass is 341 g/mol. The maximum absolute atomic E-state index is 5.20. The summed E-state index contributed by atoms with van der Waals surface area (Å²) in [7, 11) is 1.66. The van der Waals surface area contributed by atoms with Gasteiger partial charge in [-0.25, -0.2) is 9.97 Å². The molecule has 4 nitrogen and oxygen atoms in total. The summed E-state index contributed by atoms with van der Waals surface area (Å²) >= 11 is 5.19. The molecular formula is C13H16BrN3OS. The van der Waals surface area contributed by atoms with Crippen molar-refractivity contribution in [2.75, 3.05) is 19.0 Å². The Kier molecular flexibility index (Phi) is 4.90. The number of aryl methyl sites for hydroxylation is 1. The lowest BCUT2D eigenvalue weighted by Gasteiger charge is -2.11. The second kappa shape index (κ2) is 6.45. The quantitative estimate of drug-likeness (QED) is 0.896. The van der Waals surface area contributed by atoms with E-state index in [1.165, 1.54) is 5.56 Å². The van der Waals surface area contributed by atoms with Crippen molar-refractivity contribution in [1.82, 2.24) is 9.97 Å². The summed E-state index contributed by atoms with van der Waals surface area (Å²) in [6.07, 6.45) is 0. The molecule has 0 fully saturated rings. The molecule has 0 aromatic carbocycles. The Bertz CT molecular complexity index is 544. The van der Waals surface area contributed by atoms with Crippen molar-refractivity contribution in [3.05, 3.63) is 26.5 Å². The van der Waals surface area contributed by atoms with E-state index in [0.29, 0.717) is 6.61 Å². The smallest absolute Gasteiger partial charge is 0.163 e. The third-order valence-corrected chi connectivity index (χ3v) is 4.34. The Morgan fingerprint density at radius 1 is 1.37 bits per heavy atom. The van der Waals surface area contributed by atoms with E-state index in [4.69, 9.17) is 4.74 Å². The van der Waals surface area contributed by atoms with Crippen LogP contribution in [0.3, 0.4) is 0 Å². The summed E-state index contributed by atoms with van der Waals surface area (Å²) in [4.78, 5) is 9.18. The maximum Gasteiger partial charge on any atom is 0.163 e. The number of halogens is 1. The average Bonchev–Trinajstić information content (AvgIpc) is 2.81. The van der Waals surface area contributed by atoms with Crippen LogP contribution < -0.4 is 5.32 Å². The van der Waals surface area contributed by atoms with Gasteiger partial charge < -0.3 is 10.1 Å². The molecule has 0 bridgehead atoms. The molecule has 0 aliphatic heterocycles. The molecule has 2 rings (SSSR count). The second-order valence-electron chi connectivity index (χ2n) is 4.09. The average molecular weight is 342 g/mol. The van der Waals surface area contributed by atoms with Gasteiger partial charge in [0.15, 0.2) is 5.82 Å². The summed E-state index contributed by atoms with van der Waals surface area (Å²) < 4.78 is 6.07. The number of ether oxygens (including phenoxy) is 1. The Morgan fingerprint density at radius 3 is 2.74 bits per heavy atom. The number of rotatable bonds is 5. The van der Waals surface area contributed by atoms with Crippen molar-refractivity contribution < 1.29 is 4.74 Å². The van der Waals surface area contributed by atoms with E-state index in [-0.39, 0.29) is 0 Å². The van der Waals surface area contributed by atoms with E-state index >= 15 is 0 Å². The van der Waals surface area contributed by atoms with Crippen LogP contribution in [0.4, 0.5) is 5.82 Å². The molecule has 19 heavy (non-hydrogen) atoms. The third kappa shape index (κ3) is 3.13. The van der Waals surface area contributed by atoms with Crippen LogP contribution in [0.5, 0.6) is 0 Å². The zero-order valence-electron chi connectivity index (χ0n) is 11.2. The highest BCUT2D eigenvalue weighted by molar-refractivity contribution is 9.10. The molecule has 0 spiro atoms. The maximum atomic E-state index is 5.20. The number of hydrogen-bond acceptors (Lipinski definition) is 5. The zero-order chi connectivity index (χ0) is 13.8. The Balaban J connectivity index is 2.52. The number of aromatic nitrogens is 2. The highest BCUT2D eigenvalue weighted by Crippen LogP contribution is 2.30. The fraction of sp³-hybridized carbons (Fsp3) is 0.385. The molecule has 0 amide bonds. The first kappa shape index (κ1) is 14.4. The van der Waals surface area contributed by atoms with Gasteiger partial charge in [0.25, 0.3) is 0 Å². The van der Waals surface area contributed by atoms with Gasteiger partial charge in [-0.2, -0.15) is 11.3 Å². The Morgan fingerprint density at radius 2 is 2.16 bits per heavy atom. The van der Waals surface area contributed by atoms with E-state index in [2.05, 4.69) is 48.9 Å². The molecule has 0 aliphatic carbocycles. The molecule has 0 unspecified atom stereocenters. The van der Waals surface area contributed by atoms with Crippen LogP contribution in [0.25, 0.3) is 11.4 Å². The zero-order valence-corrected chi connectivity index (χ0v) is 13.6. The van der Waals surface area contributed by atoms with Crippen LogP contribution in [-0.2, 0) is 11.3 Å². The first-order chi connectivity index (χ1) is 9.17. The lowest BCUT2D eigenvalue weighted by molar-refractivity contribution is 0.181. The molecule has 0 atom stereocenters. The third-order valence-electron chi connectivity index (χ3n) is 2.64. The van der Waals surface area contributed by atoms with E-state index in [1.54, 1.807) is 18.4 Å². The van der Waals surface area contributed by atoms with Crippen molar-refractivity contribution in [3.8, 4) is 11.4 Å². The summed E-state index contributed by atoms with van der Waals surface area (Å²) in [5.74, 6) is 1.55. The van der Waals surface area contributed by atoms with Gasteiger partial charge in [0.1, 0.15) is 5.82 Å². The van der Waals surface area contributed by atoms with E-state index in [0.717, 1.165) is 33.9 Å². The highest BCUT2D eigenvalue weighted by atomic mass is 79.9. The van der Waals surface area contributed by atoms with Crippen LogP contribution in [0.15, 0.2) is 15.2 Å². The lowest BCUT2D eigenvalue weighted by Crippen LogP contribution is -2.07. The molecule has 0 saturated heterocycles. The highest BCUT2D eigenvalue weighted by Gasteiger charge is 2.14. The van der Waals surface area contributed by atoms with Gasteiger partial charge in [0.05, 0.1) is 16.8 Å². The van der Waals surface area contributed by atoms with Crippen LogP contribution in [0.2, 0.25) is 0 Å². The minimum atomic E-state index is 0.456. The molecule has 2 heterocycles. The fourth-order valence-electron chi connectivity index (χ4n) is 1.72. The molecule has 0 aliphatic rings. The molecule has 6 heteroatoms. The van der Waals surface area contributed by atoms with Crippen molar-refractivity contribution in [1.29, 1.82) is 0 Å². The first-order valence-electron chi connectivity index (χ1n) is 5.99. The van der Waals surface area contributed by atoms with Crippen molar-refractivity contribution in [2.45, 2.75) is 20.5 Å². The SMILES string of the molecule is CCNc1nc(-c2cscc2C)nc(COC)c1Br. The normalized spacial score (nSPS) is 10.7. The van der Waals surface area contributed by atoms with E-state index in [1.807, 2.05) is 6.92 Å². The van der Waals surface area contributed by atoms with Crippen LogP contribution >= 0.6 is 27.3 Å². The fourth-order valence-corrected chi connectivity index (χ4v) is 2.98. The van der Waals surface area contributed by atoms with Gasteiger partial charge in [0.2, 0.25) is 0 Å². The number of hydrogen-bond donors (Lipinski definition) is 1. The van der Waals surface area contributed by atoms with Gasteiger partial charge in [-0.3, -0.25) is 0 Å². The standard InChI is InChI=1S/C13H16BrN3OS/c1-4-15-13-11(14)10(5-18-3)16-12(17-13)9-7-19-6-8(9)2/h6-7H,4-5H2,1-3H3,(H,15,16,17). The van der Waals surface area contributed by atoms with Crippen LogP contribution in [0.1, 0.15) is 18.2 Å². The summed E-state index contributed by atoms with van der Waals surface area (Å²) in [6, 6.07) is 0. The molecule has 1 N–H and O–H groups in total. The summed E-state index contributed by atoms with van der Waals surface area (Å²) in [6.45, 7) is 5.38. The largest absolute Gasteiger partial charge is 0.378 e. The number of nitrogens with zero attached hydrogens (tertiary/aromatic N) is 2. The van der Waals surface area contributed by atoms with Crippen molar-refractivity contribution in [2.24, 2.45) is 0 Å². The minimum absolute atomic E-state index is 0.456. The number of methoxy groups -OCH3 is 1. The molecular weight excluding hydrogens is 326 g/mol. The Labute approximate surface area is 125 Å². The lowest BCUT2D eigenvalue weighted by atomic mass is 10.2. The first-order valence-corrected chi connectivity index (χ1v) is 7.73. The summed E-state index contributed by atoms with van der Waals surface area (Å²) in [5.41, 5.74) is 3.13. The Hall–Kier alpha value is -0.980. The van der Waals surface area contributed by atoms with Crippen LogP contribution in [-0.4, -0.2) is 23.6 Å². The molecule has 2 aromatic rings. The van der Waals surface area contributed by atoms with Gasteiger partial charge in [0, 0.05) is 24.6 Å². The van der Waals surface area contributed by atoms with Gasteiger partial charge in [-0.1, -0.05) is 0 Å². The van der Waals surface area contributed by atoms with Crippen molar-refractivity contribution >= 4 is 33.1 Å². The topological polar surface area (TPSA) is 47.0 Å². The molecule has 0 radical (unpaired) electrons. The number of nitrogens with one attached hydrogen (secondary N) is 1. The van der Waals surface area contributed by atoms with Crippen LogP contribution in [0, 0.1) is 6.92 Å². The van der Waals surface area contributed by atoms with E-state index in [9.17, 15) is 0 Å². The molecule has 102 valence electrons. The predicted octanol–water partition coefficient (Wildman–Crippen LogP) is 3.85. The van der Waals surface area contributed by atoms with Crippen molar-refractivity contribution in [3.63, 3.8) is 0 Å². The van der Waals surface area contributed by atoms with E-state index < -0.39 is 0 Å². The van der Waals surface area contributed by atoms with Gasteiger partial charge >= 0.3 is 0 Å². The number of anilines is 1. The number of thiophene rings is 1. The predicted molar refractivity (Wildman–Crippen MR) is 82.7 cm³/mol. The second-order valence-corrected chi connectivity index (χ2v) is 5.62. The summed E-state index contributed by atoms with van der Waals surface area (Å²) in [5, 5.41) is 7.42. The molecule has 2 aromatic heterocycles.